The first kappa shape index (κ1) is 13.0. The highest BCUT2D eigenvalue weighted by atomic mass is 35.5. The number of nitrogens with one attached hydrogen (secondary N) is 2. The number of hydrogen-bond donors (Lipinski definition) is 2. The molecule has 0 saturated carbocycles. The molecule has 4 heteroatoms. The summed E-state index contributed by atoms with van der Waals surface area (Å²) in [5.41, 5.74) is 1.06. The lowest BCUT2D eigenvalue weighted by molar-refractivity contribution is -0.120. The van der Waals surface area contributed by atoms with E-state index in [4.69, 9.17) is 11.6 Å². The predicted octanol–water partition coefficient (Wildman–Crippen LogP) is 1.61. The van der Waals surface area contributed by atoms with Crippen molar-refractivity contribution >= 4 is 17.5 Å². The van der Waals surface area contributed by atoms with Gasteiger partial charge in [0.2, 0.25) is 5.91 Å². The van der Waals surface area contributed by atoms with E-state index in [2.05, 4.69) is 10.6 Å². The minimum atomic E-state index is 0.00190. The summed E-state index contributed by atoms with van der Waals surface area (Å²) in [6, 6.07) is 7.77. The summed E-state index contributed by atoms with van der Waals surface area (Å²) in [5, 5.41) is 6.45. The standard InChI is InChI=1S/C12H17ClN2O/c1-9(15-12(16)8-14-2)7-10-5-3-4-6-11(10)13/h3-6,9,14H,7-8H2,1-2H3,(H,15,16). The van der Waals surface area contributed by atoms with Gasteiger partial charge in [-0.2, -0.15) is 0 Å². The van der Waals surface area contributed by atoms with Crippen LogP contribution in [0.1, 0.15) is 12.5 Å². The lowest BCUT2D eigenvalue weighted by atomic mass is 10.1. The summed E-state index contributed by atoms with van der Waals surface area (Å²) in [5.74, 6) is 0.00190. The summed E-state index contributed by atoms with van der Waals surface area (Å²) < 4.78 is 0. The molecule has 0 aliphatic rings. The van der Waals surface area contributed by atoms with Gasteiger partial charge in [-0.3, -0.25) is 4.79 Å². The molecule has 0 fully saturated rings. The third-order valence-corrected chi connectivity index (χ3v) is 2.60. The van der Waals surface area contributed by atoms with Crippen molar-refractivity contribution in [2.75, 3.05) is 13.6 Å². The molecule has 16 heavy (non-hydrogen) atoms. The Bertz CT molecular complexity index is 355. The minimum absolute atomic E-state index is 0.00190. The summed E-state index contributed by atoms with van der Waals surface area (Å²) in [7, 11) is 1.75. The predicted molar refractivity (Wildman–Crippen MR) is 66.7 cm³/mol. The quantitative estimate of drug-likeness (QED) is 0.821. The van der Waals surface area contributed by atoms with Gasteiger partial charge in [-0.1, -0.05) is 29.8 Å². The van der Waals surface area contributed by atoms with Crippen LogP contribution in [0.25, 0.3) is 0 Å². The van der Waals surface area contributed by atoms with Crippen LogP contribution in [-0.4, -0.2) is 25.5 Å². The molecule has 1 atom stereocenters. The summed E-state index contributed by atoms with van der Waals surface area (Å²) in [6.07, 6.45) is 0.745. The van der Waals surface area contributed by atoms with Crippen LogP contribution in [0.5, 0.6) is 0 Å². The van der Waals surface area contributed by atoms with Gasteiger partial charge in [0.1, 0.15) is 0 Å². The Balaban J connectivity index is 2.48. The molecular weight excluding hydrogens is 224 g/mol. The van der Waals surface area contributed by atoms with Crippen molar-refractivity contribution in [2.45, 2.75) is 19.4 Å². The number of likely N-dealkylation sites (N-methyl/N-ethyl adjacent to an activating group) is 1. The number of carbonyl (C=O) groups excluding carboxylic acids is 1. The van der Waals surface area contributed by atoms with Gasteiger partial charge in [0.25, 0.3) is 0 Å². The Morgan fingerprint density at radius 3 is 2.75 bits per heavy atom. The number of hydrogen-bond acceptors (Lipinski definition) is 2. The molecule has 2 N–H and O–H groups in total. The van der Waals surface area contributed by atoms with Crippen molar-refractivity contribution in [1.82, 2.24) is 10.6 Å². The lowest BCUT2D eigenvalue weighted by Crippen LogP contribution is -2.39. The second-order valence-corrected chi connectivity index (χ2v) is 4.20. The Morgan fingerprint density at radius 1 is 1.44 bits per heavy atom. The van der Waals surface area contributed by atoms with Crippen molar-refractivity contribution in [1.29, 1.82) is 0 Å². The van der Waals surface area contributed by atoms with Crippen molar-refractivity contribution < 1.29 is 4.79 Å². The number of halogens is 1. The normalized spacial score (nSPS) is 12.2. The largest absolute Gasteiger partial charge is 0.352 e. The van der Waals surface area contributed by atoms with Crippen LogP contribution in [0.15, 0.2) is 24.3 Å². The van der Waals surface area contributed by atoms with Crippen molar-refractivity contribution in [3.8, 4) is 0 Å². The van der Waals surface area contributed by atoms with Crippen molar-refractivity contribution in [2.24, 2.45) is 0 Å². The van der Waals surface area contributed by atoms with Crippen LogP contribution >= 0.6 is 11.6 Å². The molecule has 0 aliphatic heterocycles. The van der Waals surface area contributed by atoms with Gasteiger partial charge in [-0.15, -0.1) is 0 Å². The summed E-state index contributed by atoms with van der Waals surface area (Å²) in [6.45, 7) is 2.31. The van der Waals surface area contributed by atoms with Crippen LogP contribution < -0.4 is 10.6 Å². The van der Waals surface area contributed by atoms with Crippen LogP contribution in [0.3, 0.4) is 0 Å². The molecule has 1 aromatic rings. The van der Waals surface area contributed by atoms with Gasteiger partial charge >= 0.3 is 0 Å². The van der Waals surface area contributed by atoms with E-state index < -0.39 is 0 Å². The number of benzene rings is 1. The summed E-state index contributed by atoms with van der Waals surface area (Å²) in [4.78, 5) is 11.3. The molecule has 1 rings (SSSR count). The molecule has 1 aromatic carbocycles. The lowest BCUT2D eigenvalue weighted by Gasteiger charge is -2.14. The van der Waals surface area contributed by atoms with E-state index in [-0.39, 0.29) is 11.9 Å². The van der Waals surface area contributed by atoms with Gasteiger partial charge in [-0.05, 0) is 32.0 Å². The molecule has 3 nitrogen and oxygen atoms in total. The first-order valence-electron chi connectivity index (χ1n) is 5.31. The fourth-order valence-electron chi connectivity index (χ4n) is 1.53. The zero-order valence-corrected chi connectivity index (χ0v) is 10.3. The molecule has 1 amide bonds. The van der Waals surface area contributed by atoms with E-state index in [9.17, 15) is 4.79 Å². The van der Waals surface area contributed by atoms with E-state index >= 15 is 0 Å². The van der Waals surface area contributed by atoms with E-state index in [0.717, 1.165) is 17.0 Å². The SMILES string of the molecule is CNCC(=O)NC(C)Cc1ccccc1Cl. The zero-order chi connectivity index (χ0) is 12.0. The Hall–Kier alpha value is -1.06. The van der Waals surface area contributed by atoms with E-state index in [1.165, 1.54) is 0 Å². The molecule has 0 aromatic heterocycles. The molecule has 0 bridgehead atoms. The summed E-state index contributed by atoms with van der Waals surface area (Å²) >= 11 is 6.04. The van der Waals surface area contributed by atoms with E-state index in [1.54, 1.807) is 7.05 Å². The Morgan fingerprint density at radius 2 is 2.12 bits per heavy atom. The number of carbonyl (C=O) groups is 1. The van der Waals surface area contributed by atoms with Crippen LogP contribution in [0, 0.1) is 0 Å². The zero-order valence-electron chi connectivity index (χ0n) is 9.59. The molecule has 1 unspecified atom stereocenters. The van der Waals surface area contributed by atoms with Gasteiger partial charge in [0.15, 0.2) is 0 Å². The van der Waals surface area contributed by atoms with Crippen LogP contribution in [0.2, 0.25) is 5.02 Å². The topological polar surface area (TPSA) is 41.1 Å². The van der Waals surface area contributed by atoms with E-state index in [1.807, 2.05) is 31.2 Å². The highest BCUT2D eigenvalue weighted by Crippen LogP contribution is 2.16. The second-order valence-electron chi connectivity index (χ2n) is 3.79. The molecule has 0 heterocycles. The first-order valence-corrected chi connectivity index (χ1v) is 5.68. The maximum atomic E-state index is 11.3. The van der Waals surface area contributed by atoms with Gasteiger partial charge in [0.05, 0.1) is 6.54 Å². The maximum absolute atomic E-state index is 11.3. The van der Waals surface area contributed by atoms with Gasteiger partial charge in [0, 0.05) is 11.1 Å². The van der Waals surface area contributed by atoms with E-state index in [0.29, 0.717) is 6.54 Å². The fourth-order valence-corrected chi connectivity index (χ4v) is 1.74. The second kappa shape index (κ2) is 6.51. The molecular formula is C12H17ClN2O. The minimum Gasteiger partial charge on any atom is -0.352 e. The molecule has 88 valence electrons. The third-order valence-electron chi connectivity index (χ3n) is 2.23. The van der Waals surface area contributed by atoms with Crippen LogP contribution in [0.4, 0.5) is 0 Å². The molecule has 0 radical (unpaired) electrons. The fraction of sp³-hybridized carbons (Fsp3) is 0.417. The van der Waals surface area contributed by atoms with Crippen molar-refractivity contribution in [3.05, 3.63) is 34.9 Å². The molecule has 0 spiro atoms. The van der Waals surface area contributed by atoms with Crippen LogP contribution in [-0.2, 0) is 11.2 Å². The maximum Gasteiger partial charge on any atom is 0.234 e. The number of amides is 1. The molecule has 0 saturated heterocycles. The van der Waals surface area contributed by atoms with Gasteiger partial charge < -0.3 is 10.6 Å². The smallest absolute Gasteiger partial charge is 0.234 e. The van der Waals surface area contributed by atoms with Crippen molar-refractivity contribution in [3.63, 3.8) is 0 Å². The monoisotopic (exact) mass is 240 g/mol. The molecule has 0 aliphatic carbocycles. The Labute approximate surface area is 101 Å². The average Bonchev–Trinajstić information content (AvgIpc) is 2.21. The first-order chi connectivity index (χ1) is 7.63. The van der Waals surface area contributed by atoms with Gasteiger partial charge in [-0.25, -0.2) is 0 Å². The number of rotatable bonds is 5. The highest BCUT2D eigenvalue weighted by molar-refractivity contribution is 6.31. The third kappa shape index (κ3) is 4.21. The highest BCUT2D eigenvalue weighted by Gasteiger charge is 2.08. The average molecular weight is 241 g/mol. The Kier molecular flexibility index (Phi) is 5.29.